The fraction of sp³-hybridized carbons (Fsp3) is 0.600. The molecule has 11 heteroatoms. The summed E-state index contributed by atoms with van der Waals surface area (Å²) in [5, 5.41) is 0. The van der Waals surface area contributed by atoms with Crippen molar-refractivity contribution in [2.45, 2.75) is 51.5 Å². The lowest BCUT2D eigenvalue weighted by molar-refractivity contribution is -0.275. The van der Waals surface area contributed by atoms with Crippen molar-refractivity contribution in [3.63, 3.8) is 0 Å². The first-order valence-electron chi connectivity index (χ1n) is 7.87. The minimum atomic E-state index is -5.07. The third kappa shape index (κ3) is 6.57. The molecule has 0 radical (unpaired) electrons. The average molecular weight is 418 g/mol. The van der Waals surface area contributed by atoms with Gasteiger partial charge in [0.15, 0.2) is 5.75 Å². The highest BCUT2D eigenvalue weighted by Gasteiger charge is 2.36. The number of benzene rings is 1. The zero-order valence-electron chi connectivity index (χ0n) is 14.9. The van der Waals surface area contributed by atoms with E-state index in [4.69, 9.17) is 8.71 Å². The summed E-state index contributed by atoms with van der Waals surface area (Å²) in [7, 11) is -8.08. The smallest absolute Gasteiger partial charge is 0.404 e. The molecule has 0 aliphatic heterocycles. The van der Waals surface area contributed by atoms with Crippen molar-refractivity contribution in [2.24, 2.45) is 0 Å². The van der Waals surface area contributed by atoms with Crippen LogP contribution in [0.2, 0.25) is 0 Å². The Kier molecular flexibility index (Phi) is 7.71. The molecule has 0 amide bonds. The maximum atomic E-state index is 12.6. The summed E-state index contributed by atoms with van der Waals surface area (Å²) in [6.45, 7) is 6.36. The Labute approximate surface area is 151 Å². The SMILES string of the molecule is CCc1cccc(OC(F)(F)F)c1S(=O)(=O)OCP(=O)(CC)OC(C)C. The molecule has 0 aliphatic carbocycles. The van der Waals surface area contributed by atoms with E-state index in [1.807, 2.05) is 0 Å². The van der Waals surface area contributed by atoms with E-state index in [1.165, 1.54) is 19.1 Å². The molecule has 150 valence electrons. The van der Waals surface area contributed by atoms with Gasteiger partial charge < -0.3 is 9.26 Å². The summed E-state index contributed by atoms with van der Waals surface area (Å²) in [5.41, 5.74) is 0.0860. The van der Waals surface area contributed by atoms with Crippen LogP contribution in [0.3, 0.4) is 0 Å². The van der Waals surface area contributed by atoms with Crippen LogP contribution in [0.4, 0.5) is 13.2 Å². The molecule has 0 saturated heterocycles. The van der Waals surface area contributed by atoms with Gasteiger partial charge in [-0.05, 0) is 31.9 Å². The molecule has 1 aromatic rings. The molecule has 6 nitrogen and oxygen atoms in total. The summed E-state index contributed by atoms with van der Waals surface area (Å²) in [6, 6.07) is 3.48. The zero-order valence-corrected chi connectivity index (χ0v) is 16.6. The van der Waals surface area contributed by atoms with E-state index in [-0.39, 0.29) is 18.1 Å². The molecule has 26 heavy (non-hydrogen) atoms. The summed E-state index contributed by atoms with van der Waals surface area (Å²) in [6.07, 6.45) is -6.13. The Morgan fingerprint density at radius 2 is 1.81 bits per heavy atom. The van der Waals surface area contributed by atoms with Crippen molar-refractivity contribution in [3.05, 3.63) is 23.8 Å². The van der Waals surface area contributed by atoms with Crippen LogP contribution in [0.15, 0.2) is 23.1 Å². The Hall–Kier alpha value is -1.09. The highest BCUT2D eigenvalue weighted by Crippen LogP contribution is 2.48. The quantitative estimate of drug-likeness (QED) is 0.433. The van der Waals surface area contributed by atoms with E-state index in [0.29, 0.717) is 0 Å². The summed E-state index contributed by atoms with van der Waals surface area (Å²) < 4.78 is 89.2. The largest absolute Gasteiger partial charge is 0.573 e. The molecule has 0 spiro atoms. The van der Waals surface area contributed by atoms with Crippen molar-refractivity contribution in [2.75, 3.05) is 12.5 Å². The number of aryl methyl sites for hydroxylation is 1. The van der Waals surface area contributed by atoms with Gasteiger partial charge in [-0.3, -0.25) is 8.75 Å². The van der Waals surface area contributed by atoms with Gasteiger partial charge in [0, 0.05) is 6.16 Å². The lowest BCUT2D eigenvalue weighted by atomic mass is 10.1. The van der Waals surface area contributed by atoms with Crippen LogP contribution in [-0.4, -0.2) is 33.4 Å². The van der Waals surface area contributed by atoms with Crippen LogP contribution in [-0.2, 0) is 29.8 Å². The second-order valence-electron chi connectivity index (χ2n) is 5.63. The predicted molar refractivity (Wildman–Crippen MR) is 90.0 cm³/mol. The predicted octanol–water partition coefficient (Wildman–Crippen LogP) is 4.53. The number of hydrogen-bond donors (Lipinski definition) is 0. The Bertz CT molecular complexity index is 761. The maximum absolute atomic E-state index is 12.6. The number of alkyl halides is 3. The molecular weight excluding hydrogens is 396 g/mol. The number of ether oxygens (including phenoxy) is 1. The molecule has 0 aromatic heterocycles. The minimum Gasteiger partial charge on any atom is -0.404 e. The molecule has 0 saturated carbocycles. The highest BCUT2D eigenvalue weighted by atomic mass is 32.2. The monoisotopic (exact) mass is 418 g/mol. The van der Waals surface area contributed by atoms with Gasteiger partial charge in [0.25, 0.3) is 0 Å². The van der Waals surface area contributed by atoms with Crippen LogP contribution in [0.5, 0.6) is 5.75 Å². The zero-order chi connectivity index (χ0) is 20.2. The number of hydrogen-bond acceptors (Lipinski definition) is 6. The van der Waals surface area contributed by atoms with Gasteiger partial charge in [0.05, 0.1) is 6.10 Å². The molecule has 1 rings (SSSR count). The molecule has 1 unspecified atom stereocenters. The normalized spacial score (nSPS) is 15.1. The topological polar surface area (TPSA) is 78.9 Å². The lowest BCUT2D eigenvalue weighted by Crippen LogP contribution is -2.21. The van der Waals surface area contributed by atoms with Crippen molar-refractivity contribution in [3.8, 4) is 5.75 Å². The van der Waals surface area contributed by atoms with Gasteiger partial charge in [-0.2, -0.15) is 8.42 Å². The lowest BCUT2D eigenvalue weighted by Gasteiger charge is -2.20. The van der Waals surface area contributed by atoms with Gasteiger partial charge in [-0.15, -0.1) is 13.2 Å². The van der Waals surface area contributed by atoms with E-state index in [2.05, 4.69) is 4.74 Å². The Balaban J connectivity index is 3.25. The standard InChI is InChI=1S/C15H22F3O6PS/c1-5-12-8-7-9-13(23-15(16,17)18)14(12)26(20,21)22-10-25(19,6-2)24-11(3)4/h7-9,11H,5-6,10H2,1-4H3. The molecule has 0 aliphatic rings. The summed E-state index contributed by atoms with van der Waals surface area (Å²) >= 11 is 0. The number of rotatable bonds is 9. The van der Waals surface area contributed by atoms with Crippen molar-refractivity contribution in [1.29, 1.82) is 0 Å². The average Bonchev–Trinajstić information content (AvgIpc) is 2.50. The van der Waals surface area contributed by atoms with E-state index in [1.54, 1.807) is 20.8 Å². The third-order valence-corrected chi connectivity index (χ3v) is 7.06. The molecule has 1 atom stereocenters. The first-order valence-corrected chi connectivity index (χ1v) is 11.3. The second-order valence-corrected chi connectivity index (χ2v) is 9.91. The second kappa shape index (κ2) is 8.73. The van der Waals surface area contributed by atoms with E-state index < -0.39 is 46.9 Å². The molecule has 0 bridgehead atoms. The van der Waals surface area contributed by atoms with Crippen LogP contribution in [0, 0.1) is 0 Å². The molecule has 0 fully saturated rings. The van der Waals surface area contributed by atoms with E-state index >= 15 is 0 Å². The minimum absolute atomic E-state index is 0.0159. The van der Waals surface area contributed by atoms with Crippen LogP contribution in [0.1, 0.15) is 33.3 Å². The fourth-order valence-electron chi connectivity index (χ4n) is 2.12. The van der Waals surface area contributed by atoms with Crippen LogP contribution >= 0.6 is 7.37 Å². The summed E-state index contributed by atoms with van der Waals surface area (Å²) in [4.78, 5) is -0.730. The van der Waals surface area contributed by atoms with Gasteiger partial charge in [0.1, 0.15) is 11.2 Å². The van der Waals surface area contributed by atoms with Crippen molar-refractivity contribution >= 4 is 17.5 Å². The molecule has 0 heterocycles. The van der Waals surface area contributed by atoms with Gasteiger partial charge in [-0.1, -0.05) is 26.0 Å². The highest BCUT2D eigenvalue weighted by molar-refractivity contribution is 7.87. The number of halogens is 3. The third-order valence-electron chi connectivity index (χ3n) is 3.21. The first-order chi connectivity index (χ1) is 11.8. The van der Waals surface area contributed by atoms with Crippen LogP contribution < -0.4 is 4.74 Å². The molecule has 0 N–H and O–H groups in total. The van der Waals surface area contributed by atoms with E-state index in [9.17, 15) is 26.2 Å². The Morgan fingerprint density at radius 1 is 1.19 bits per heavy atom. The van der Waals surface area contributed by atoms with Crippen molar-refractivity contribution in [1.82, 2.24) is 0 Å². The maximum Gasteiger partial charge on any atom is 0.573 e. The van der Waals surface area contributed by atoms with E-state index in [0.717, 1.165) is 6.07 Å². The molecular formula is C15H22F3O6PS. The fourth-order valence-corrected chi connectivity index (χ4v) is 5.48. The van der Waals surface area contributed by atoms with Gasteiger partial charge in [0.2, 0.25) is 7.37 Å². The van der Waals surface area contributed by atoms with Crippen molar-refractivity contribution < 1.29 is 39.6 Å². The first kappa shape index (κ1) is 23.0. The van der Waals surface area contributed by atoms with Crippen LogP contribution in [0.25, 0.3) is 0 Å². The molecule has 1 aromatic carbocycles. The Morgan fingerprint density at radius 3 is 2.27 bits per heavy atom. The van der Waals surface area contributed by atoms with Gasteiger partial charge in [-0.25, -0.2) is 0 Å². The van der Waals surface area contributed by atoms with Gasteiger partial charge >= 0.3 is 16.5 Å². The summed E-state index contributed by atoms with van der Waals surface area (Å²) in [5.74, 6) is -0.895.